The highest BCUT2D eigenvalue weighted by Crippen LogP contribution is 2.36. The molecule has 4 nitrogen and oxygen atoms in total. The maximum Gasteiger partial charge on any atom is 0.338 e. The van der Waals surface area contributed by atoms with Gasteiger partial charge in [-0.1, -0.05) is 48.0 Å². The highest BCUT2D eigenvalue weighted by atomic mass is 35.5. The fourth-order valence-electron chi connectivity index (χ4n) is 3.44. The summed E-state index contributed by atoms with van der Waals surface area (Å²) in [6.07, 6.45) is 0. The Morgan fingerprint density at radius 1 is 1.28 bits per heavy atom. The van der Waals surface area contributed by atoms with Gasteiger partial charge in [-0.05, 0) is 23.3 Å². The number of carbonyl (C=O) groups excluding carboxylic acids is 1. The first-order valence-corrected chi connectivity index (χ1v) is 8.54. The van der Waals surface area contributed by atoms with E-state index in [0.717, 1.165) is 18.7 Å². The Bertz CT molecular complexity index is 801. The van der Waals surface area contributed by atoms with Crippen LogP contribution in [0.4, 0.5) is 0 Å². The molecule has 0 aromatic heterocycles. The number of benzene rings is 2. The van der Waals surface area contributed by atoms with Gasteiger partial charge in [-0.2, -0.15) is 5.26 Å². The molecular formula is C20H19ClN2O2. The van der Waals surface area contributed by atoms with Crippen molar-refractivity contribution < 1.29 is 9.53 Å². The van der Waals surface area contributed by atoms with Crippen LogP contribution < -0.4 is 0 Å². The van der Waals surface area contributed by atoms with Crippen LogP contribution in [0.5, 0.6) is 0 Å². The van der Waals surface area contributed by atoms with Crippen molar-refractivity contribution in [3.05, 3.63) is 70.2 Å². The van der Waals surface area contributed by atoms with E-state index in [-0.39, 0.29) is 11.8 Å². The number of ether oxygens (including phenoxy) is 1. The molecule has 0 radical (unpaired) electrons. The molecule has 1 saturated heterocycles. The van der Waals surface area contributed by atoms with E-state index in [1.807, 2.05) is 24.3 Å². The molecule has 128 valence electrons. The third kappa shape index (κ3) is 3.84. The molecule has 1 fully saturated rings. The van der Waals surface area contributed by atoms with Crippen molar-refractivity contribution in [1.29, 1.82) is 5.26 Å². The fourth-order valence-corrected chi connectivity index (χ4v) is 3.61. The number of halogens is 1. The summed E-state index contributed by atoms with van der Waals surface area (Å²) in [7, 11) is 1.35. The third-order valence-corrected chi connectivity index (χ3v) is 4.87. The number of nitrogens with zero attached hydrogens (tertiary/aromatic N) is 2. The molecule has 0 N–H and O–H groups in total. The predicted octanol–water partition coefficient (Wildman–Crippen LogP) is 3.87. The molecular weight excluding hydrogens is 336 g/mol. The Morgan fingerprint density at radius 3 is 2.72 bits per heavy atom. The van der Waals surface area contributed by atoms with Crippen molar-refractivity contribution in [2.75, 3.05) is 20.2 Å². The van der Waals surface area contributed by atoms with Gasteiger partial charge < -0.3 is 4.74 Å². The summed E-state index contributed by atoms with van der Waals surface area (Å²) < 4.78 is 4.89. The lowest BCUT2D eigenvalue weighted by Gasteiger charge is -2.18. The number of rotatable bonds is 4. The summed E-state index contributed by atoms with van der Waals surface area (Å²) in [6, 6.07) is 17.8. The molecule has 1 aliphatic rings. The average Bonchev–Trinajstić information content (AvgIpc) is 3.04. The number of nitriles is 1. The van der Waals surface area contributed by atoms with E-state index in [9.17, 15) is 10.1 Å². The predicted molar refractivity (Wildman–Crippen MR) is 96.4 cm³/mol. The normalized spacial score (nSPS) is 20.2. The first-order valence-electron chi connectivity index (χ1n) is 8.16. The zero-order valence-electron chi connectivity index (χ0n) is 14.0. The van der Waals surface area contributed by atoms with Crippen LogP contribution in [0.25, 0.3) is 0 Å². The molecule has 1 heterocycles. The molecule has 0 amide bonds. The second kappa shape index (κ2) is 7.69. The van der Waals surface area contributed by atoms with E-state index >= 15 is 0 Å². The fraction of sp³-hybridized carbons (Fsp3) is 0.300. The van der Waals surface area contributed by atoms with E-state index in [4.69, 9.17) is 16.3 Å². The Labute approximate surface area is 152 Å². The van der Waals surface area contributed by atoms with Crippen LogP contribution in [-0.2, 0) is 11.3 Å². The molecule has 25 heavy (non-hydrogen) atoms. The van der Waals surface area contributed by atoms with Gasteiger partial charge in [-0.15, -0.1) is 0 Å². The summed E-state index contributed by atoms with van der Waals surface area (Å²) >= 11 is 6.05. The number of hydrogen-bond acceptors (Lipinski definition) is 4. The molecule has 0 bridgehead atoms. The topological polar surface area (TPSA) is 53.3 Å². The zero-order chi connectivity index (χ0) is 17.8. The van der Waals surface area contributed by atoms with Crippen molar-refractivity contribution in [3.8, 4) is 6.07 Å². The van der Waals surface area contributed by atoms with Crippen molar-refractivity contribution in [1.82, 2.24) is 4.90 Å². The number of carbonyl (C=O) groups is 1. The van der Waals surface area contributed by atoms with Gasteiger partial charge in [0.15, 0.2) is 0 Å². The van der Waals surface area contributed by atoms with Gasteiger partial charge in [0.2, 0.25) is 0 Å². The minimum atomic E-state index is -0.421. The SMILES string of the molecule is COC(=O)c1cc(Cl)ccc1[C@@H]1CN(Cc2ccccc2)C[C@H]1C#N. The van der Waals surface area contributed by atoms with Gasteiger partial charge in [0.25, 0.3) is 0 Å². The van der Waals surface area contributed by atoms with Crippen molar-refractivity contribution in [2.24, 2.45) is 5.92 Å². The number of hydrogen-bond donors (Lipinski definition) is 0. The summed E-state index contributed by atoms with van der Waals surface area (Å²) in [5.41, 5.74) is 2.49. The Kier molecular flexibility index (Phi) is 5.37. The Balaban J connectivity index is 1.87. The van der Waals surface area contributed by atoms with Gasteiger partial charge in [-0.3, -0.25) is 4.90 Å². The number of likely N-dealkylation sites (tertiary alicyclic amines) is 1. The van der Waals surface area contributed by atoms with Crippen LogP contribution in [-0.4, -0.2) is 31.1 Å². The minimum Gasteiger partial charge on any atom is -0.465 e. The number of methoxy groups -OCH3 is 1. The van der Waals surface area contributed by atoms with Crippen LogP contribution in [0.3, 0.4) is 0 Å². The summed E-state index contributed by atoms with van der Waals surface area (Å²) in [4.78, 5) is 14.4. The molecule has 2 atom stereocenters. The quantitative estimate of drug-likeness (QED) is 0.782. The van der Waals surface area contributed by atoms with E-state index in [0.29, 0.717) is 17.1 Å². The van der Waals surface area contributed by atoms with Gasteiger partial charge >= 0.3 is 5.97 Å². The maximum absolute atomic E-state index is 12.1. The molecule has 2 aromatic carbocycles. The van der Waals surface area contributed by atoms with Gasteiger partial charge in [0, 0.05) is 30.6 Å². The third-order valence-electron chi connectivity index (χ3n) is 4.63. The molecule has 3 rings (SSSR count). The Morgan fingerprint density at radius 2 is 2.04 bits per heavy atom. The van der Waals surface area contributed by atoms with Crippen LogP contribution in [0.15, 0.2) is 48.5 Å². The van der Waals surface area contributed by atoms with Crippen molar-refractivity contribution >= 4 is 17.6 Å². The Hall–Kier alpha value is -2.35. The van der Waals surface area contributed by atoms with Gasteiger partial charge in [0.05, 0.1) is 24.7 Å². The van der Waals surface area contributed by atoms with E-state index in [1.165, 1.54) is 12.7 Å². The summed E-state index contributed by atoms with van der Waals surface area (Å²) in [6.45, 7) is 2.19. The van der Waals surface area contributed by atoms with Crippen molar-refractivity contribution in [2.45, 2.75) is 12.5 Å². The van der Waals surface area contributed by atoms with E-state index in [2.05, 4.69) is 23.1 Å². The lowest BCUT2D eigenvalue weighted by atomic mass is 9.87. The first kappa shape index (κ1) is 17.5. The monoisotopic (exact) mass is 354 g/mol. The van der Waals surface area contributed by atoms with E-state index in [1.54, 1.807) is 12.1 Å². The first-order chi connectivity index (χ1) is 12.1. The largest absolute Gasteiger partial charge is 0.465 e. The number of esters is 1. The molecule has 5 heteroatoms. The zero-order valence-corrected chi connectivity index (χ0v) is 14.7. The standard InChI is InChI=1S/C20H19ClN2O2/c1-25-20(24)18-9-16(21)7-8-17(18)19-13-23(12-15(19)10-22)11-14-5-3-2-4-6-14/h2-9,15,19H,11-13H2,1H3/t15-,19-/m1/s1. The highest BCUT2D eigenvalue weighted by molar-refractivity contribution is 6.31. The second-order valence-corrected chi connectivity index (χ2v) is 6.68. The minimum absolute atomic E-state index is 0.0416. The molecule has 2 aromatic rings. The smallest absolute Gasteiger partial charge is 0.338 e. The van der Waals surface area contributed by atoms with Gasteiger partial charge in [0.1, 0.15) is 0 Å². The lowest BCUT2D eigenvalue weighted by molar-refractivity contribution is 0.0598. The van der Waals surface area contributed by atoms with Crippen LogP contribution >= 0.6 is 11.6 Å². The highest BCUT2D eigenvalue weighted by Gasteiger charge is 2.36. The second-order valence-electron chi connectivity index (χ2n) is 6.24. The summed E-state index contributed by atoms with van der Waals surface area (Å²) in [5.74, 6) is -0.635. The van der Waals surface area contributed by atoms with E-state index < -0.39 is 5.97 Å². The molecule has 0 spiro atoms. The van der Waals surface area contributed by atoms with Crippen LogP contribution in [0, 0.1) is 17.2 Å². The van der Waals surface area contributed by atoms with Crippen molar-refractivity contribution in [3.63, 3.8) is 0 Å². The van der Waals surface area contributed by atoms with Crippen LogP contribution in [0.2, 0.25) is 5.02 Å². The summed E-state index contributed by atoms with van der Waals surface area (Å²) in [5, 5.41) is 10.1. The molecule has 0 unspecified atom stereocenters. The van der Waals surface area contributed by atoms with Crippen LogP contribution in [0.1, 0.15) is 27.4 Å². The molecule has 1 aliphatic heterocycles. The average molecular weight is 355 g/mol. The molecule has 0 aliphatic carbocycles. The maximum atomic E-state index is 12.1. The molecule has 0 saturated carbocycles. The van der Waals surface area contributed by atoms with Gasteiger partial charge in [-0.25, -0.2) is 4.79 Å². The lowest BCUT2D eigenvalue weighted by Crippen LogP contribution is -2.20.